The Bertz CT molecular complexity index is 169. The van der Waals surface area contributed by atoms with E-state index in [0.29, 0.717) is 6.04 Å². The Morgan fingerprint density at radius 2 is 2.00 bits per heavy atom. The van der Waals surface area contributed by atoms with Gasteiger partial charge in [0.15, 0.2) is 0 Å². The molecule has 2 nitrogen and oxygen atoms in total. The van der Waals surface area contributed by atoms with Crippen LogP contribution >= 0.6 is 0 Å². The fourth-order valence-corrected chi connectivity index (χ4v) is 2.18. The molecule has 1 N–H and O–H groups in total. The molecule has 0 aromatic rings. The molecule has 0 aromatic carbocycles. The molecular formula is C10H19NO. The molecule has 1 spiro atoms. The molecule has 2 rings (SSSR count). The zero-order valence-electron chi connectivity index (χ0n) is 8.08. The normalized spacial score (nSPS) is 31.2. The molecule has 2 unspecified atom stereocenters. The number of hydrogen-bond acceptors (Lipinski definition) is 2. The number of hydrogen-bond donors (Lipinski definition) is 1. The number of rotatable bonds is 3. The maximum atomic E-state index is 9.61. The molecule has 0 bridgehead atoms. The number of likely N-dealkylation sites (tertiary alicyclic amines) is 1. The average molecular weight is 169 g/mol. The molecule has 70 valence electrons. The third kappa shape index (κ3) is 1.27. The van der Waals surface area contributed by atoms with Gasteiger partial charge in [0, 0.05) is 19.1 Å². The molecule has 0 radical (unpaired) electrons. The summed E-state index contributed by atoms with van der Waals surface area (Å²) in [5.74, 6) is 0. The first-order valence-electron chi connectivity index (χ1n) is 5.09. The zero-order chi connectivity index (χ0) is 8.77. The molecule has 1 heterocycles. The summed E-state index contributed by atoms with van der Waals surface area (Å²) in [6.45, 7) is 6.67. The molecule has 2 fully saturated rings. The molecule has 2 heteroatoms. The highest BCUT2D eigenvalue weighted by atomic mass is 16.3. The van der Waals surface area contributed by atoms with Crippen molar-refractivity contribution in [3.05, 3.63) is 0 Å². The van der Waals surface area contributed by atoms with E-state index in [1.54, 1.807) is 0 Å². The van der Waals surface area contributed by atoms with E-state index in [1.165, 1.54) is 25.9 Å². The third-order valence-corrected chi connectivity index (χ3v) is 3.59. The van der Waals surface area contributed by atoms with Crippen molar-refractivity contribution in [3.8, 4) is 0 Å². The van der Waals surface area contributed by atoms with E-state index in [0.717, 1.165) is 11.8 Å². The lowest BCUT2D eigenvalue weighted by Crippen LogP contribution is -2.55. The van der Waals surface area contributed by atoms with E-state index in [-0.39, 0.29) is 6.10 Å². The second-order valence-corrected chi connectivity index (χ2v) is 4.62. The van der Waals surface area contributed by atoms with Gasteiger partial charge in [0.2, 0.25) is 0 Å². The van der Waals surface area contributed by atoms with Gasteiger partial charge in [-0.25, -0.2) is 0 Å². The van der Waals surface area contributed by atoms with Crippen LogP contribution in [0.3, 0.4) is 0 Å². The lowest BCUT2D eigenvalue weighted by Gasteiger charge is -2.45. The van der Waals surface area contributed by atoms with Gasteiger partial charge < -0.3 is 5.11 Å². The molecule has 1 saturated carbocycles. The van der Waals surface area contributed by atoms with E-state index >= 15 is 0 Å². The molecule has 2 aliphatic rings. The average Bonchev–Trinajstić information content (AvgIpc) is 2.78. The Morgan fingerprint density at radius 1 is 1.42 bits per heavy atom. The van der Waals surface area contributed by atoms with E-state index in [4.69, 9.17) is 0 Å². The van der Waals surface area contributed by atoms with Crippen molar-refractivity contribution >= 4 is 0 Å². The summed E-state index contributed by atoms with van der Waals surface area (Å²) in [5.41, 5.74) is 0.724. The summed E-state index contributed by atoms with van der Waals surface area (Å²) in [7, 11) is 0. The zero-order valence-corrected chi connectivity index (χ0v) is 8.08. The predicted molar refractivity (Wildman–Crippen MR) is 49.0 cm³/mol. The number of nitrogens with zero attached hydrogens (tertiary/aromatic N) is 1. The summed E-state index contributed by atoms with van der Waals surface area (Å²) in [4.78, 5) is 2.42. The van der Waals surface area contributed by atoms with Crippen molar-refractivity contribution in [1.82, 2.24) is 4.90 Å². The molecule has 1 aliphatic heterocycles. The Balaban J connectivity index is 1.78. The first-order valence-corrected chi connectivity index (χ1v) is 5.09. The molecule has 12 heavy (non-hydrogen) atoms. The maximum absolute atomic E-state index is 9.61. The Hall–Kier alpha value is -0.0800. The van der Waals surface area contributed by atoms with E-state index in [1.807, 2.05) is 6.92 Å². The predicted octanol–water partition coefficient (Wildman–Crippen LogP) is 1.24. The standard InChI is InChI=1S/C10H19NO/c1-3-9(12)8(2)11-6-10(7-11)4-5-10/h8-9,12H,3-7H2,1-2H3. The van der Waals surface area contributed by atoms with Gasteiger partial charge in [-0.2, -0.15) is 0 Å². The summed E-state index contributed by atoms with van der Waals surface area (Å²) in [6.07, 6.45) is 3.61. The highest BCUT2D eigenvalue weighted by Gasteiger charge is 2.53. The first-order chi connectivity index (χ1) is 5.67. The van der Waals surface area contributed by atoms with Crippen molar-refractivity contribution in [2.24, 2.45) is 5.41 Å². The molecule has 1 saturated heterocycles. The smallest absolute Gasteiger partial charge is 0.0690 e. The van der Waals surface area contributed by atoms with Gasteiger partial charge in [0.05, 0.1) is 6.10 Å². The second kappa shape index (κ2) is 2.71. The molecule has 0 aromatic heterocycles. The molecule has 2 atom stereocenters. The minimum absolute atomic E-state index is 0.124. The lowest BCUT2D eigenvalue weighted by atomic mass is 9.93. The van der Waals surface area contributed by atoms with Crippen molar-refractivity contribution in [2.45, 2.75) is 45.3 Å². The van der Waals surface area contributed by atoms with Gasteiger partial charge in [-0.3, -0.25) is 4.90 Å². The summed E-state index contributed by atoms with van der Waals surface area (Å²) >= 11 is 0. The number of aliphatic hydroxyl groups is 1. The lowest BCUT2D eigenvalue weighted by molar-refractivity contribution is -0.0194. The van der Waals surface area contributed by atoms with Crippen LogP contribution < -0.4 is 0 Å². The van der Waals surface area contributed by atoms with Crippen molar-refractivity contribution in [3.63, 3.8) is 0 Å². The SMILES string of the molecule is CCC(O)C(C)N1CC2(CC2)C1. The van der Waals surface area contributed by atoms with Crippen molar-refractivity contribution in [2.75, 3.05) is 13.1 Å². The Morgan fingerprint density at radius 3 is 2.42 bits per heavy atom. The quantitative estimate of drug-likeness (QED) is 0.687. The van der Waals surface area contributed by atoms with Crippen molar-refractivity contribution < 1.29 is 5.11 Å². The Kier molecular flexibility index (Phi) is 1.92. The van der Waals surface area contributed by atoms with Crippen LogP contribution in [0.4, 0.5) is 0 Å². The first kappa shape index (κ1) is 8.52. The molecule has 0 amide bonds. The monoisotopic (exact) mass is 169 g/mol. The fraction of sp³-hybridized carbons (Fsp3) is 1.00. The fourth-order valence-electron chi connectivity index (χ4n) is 2.18. The highest BCUT2D eigenvalue weighted by Crippen LogP contribution is 2.53. The number of aliphatic hydroxyl groups excluding tert-OH is 1. The topological polar surface area (TPSA) is 23.5 Å². The highest BCUT2D eigenvalue weighted by molar-refractivity contribution is 5.06. The van der Waals surface area contributed by atoms with Crippen molar-refractivity contribution in [1.29, 1.82) is 0 Å². The van der Waals surface area contributed by atoms with Gasteiger partial charge in [0.1, 0.15) is 0 Å². The van der Waals surface area contributed by atoms with Gasteiger partial charge in [-0.15, -0.1) is 0 Å². The van der Waals surface area contributed by atoms with Gasteiger partial charge >= 0.3 is 0 Å². The van der Waals surface area contributed by atoms with Gasteiger partial charge in [0.25, 0.3) is 0 Å². The largest absolute Gasteiger partial charge is 0.392 e. The van der Waals surface area contributed by atoms with Crippen LogP contribution in [0.15, 0.2) is 0 Å². The van der Waals surface area contributed by atoms with Crippen LogP contribution in [0.1, 0.15) is 33.1 Å². The van der Waals surface area contributed by atoms with Crippen LogP contribution in [0, 0.1) is 5.41 Å². The second-order valence-electron chi connectivity index (χ2n) is 4.62. The molecule has 1 aliphatic carbocycles. The van der Waals surface area contributed by atoms with Crippen LogP contribution in [0.5, 0.6) is 0 Å². The van der Waals surface area contributed by atoms with E-state index < -0.39 is 0 Å². The maximum Gasteiger partial charge on any atom is 0.0690 e. The summed E-state index contributed by atoms with van der Waals surface area (Å²) < 4.78 is 0. The van der Waals surface area contributed by atoms with Gasteiger partial charge in [-0.1, -0.05) is 6.92 Å². The Labute approximate surface area is 74.6 Å². The van der Waals surface area contributed by atoms with E-state index in [2.05, 4.69) is 11.8 Å². The van der Waals surface area contributed by atoms with Gasteiger partial charge in [-0.05, 0) is 31.6 Å². The van der Waals surface area contributed by atoms with Crippen LogP contribution in [-0.4, -0.2) is 35.2 Å². The minimum atomic E-state index is -0.124. The van der Waals surface area contributed by atoms with Crippen LogP contribution in [-0.2, 0) is 0 Å². The van der Waals surface area contributed by atoms with E-state index in [9.17, 15) is 5.11 Å². The minimum Gasteiger partial charge on any atom is -0.392 e. The summed E-state index contributed by atoms with van der Waals surface area (Å²) in [5, 5.41) is 9.61. The van der Waals surface area contributed by atoms with Crippen LogP contribution in [0.25, 0.3) is 0 Å². The summed E-state index contributed by atoms with van der Waals surface area (Å²) in [6, 6.07) is 0.376. The molecular weight excluding hydrogens is 150 g/mol. The third-order valence-electron chi connectivity index (χ3n) is 3.59. The van der Waals surface area contributed by atoms with Crippen LogP contribution in [0.2, 0.25) is 0 Å².